The summed E-state index contributed by atoms with van der Waals surface area (Å²) in [5.41, 5.74) is 5.32. The molecular formula is C50H33N5OSi. The molecule has 6 nitrogen and oxygen atoms in total. The van der Waals surface area contributed by atoms with E-state index in [4.69, 9.17) is 19.4 Å². The van der Waals surface area contributed by atoms with Gasteiger partial charge in [-0.15, -0.1) is 0 Å². The van der Waals surface area contributed by atoms with Gasteiger partial charge in [-0.05, 0) is 45.0 Å². The van der Waals surface area contributed by atoms with Gasteiger partial charge in [-0.25, -0.2) is 4.98 Å². The Bertz CT molecular complexity index is 3080. The SMILES string of the molecule is c1ccc([Si](c2ccccc2)(c2ccccc2)c2ccc(-c3nc(-c4cccc5oc6ccncc6c45)nc(-n4c5ccccc5c5ccccc54)n3)cc2)cc1. The molecule has 0 aliphatic carbocycles. The molecule has 11 aromatic rings. The van der Waals surface area contributed by atoms with Crippen LogP contribution in [0.4, 0.5) is 0 Å². The summed E-state index contributed by atoms with van der Waals surface area (Å²) in [4.78, 5) is 20.3. The van der Waals surface area contributed by atoms with Crippen molar-refractivity contribution in [2.24, 2.45) is 0 Å². The minimum Gasteiger partial charge on any atom is -0.456 e. The van der Waals surface area contributed by atoms with Crippen LogP contribution in [0.2, 0.25) is 0 Å². The van der Waals surface area contributed by atoms with Crippen LogP contribution in [0, 0.1) is 0 Å². The van der Waals surface area contributed by atoms with Gasteiger partial charge < -0.3 is 4.42 Å². The van der Waals surface area contributed by atoms with Gasteiger partial charge in [0, 0.05) is 45.1 Å². The van der Waals surface area contributed by atoms with Gasteiger partial charge in [0.2, 0.25) is 5.95 Å². The van der Waals surface area contributed by atoms with E-state index in [-0.39, 0.29) is 0 Å². The molecule has 0 N–H and O–H groups in total. The number of nitrogens with zero attached hydrogens (tertiary/aromatic N) is 5. The zero-order valence-electron chi connectivity index (χ0n) is 30.7. The summed E-state index contributed by atoms with van der Waals surface area (Å²) >= 11 is 0. The smallest absolute Gasteiger partial charge is 0.238 e. The highest BCUT2D eigenvalue weighted by molar-refractivity contribution is 7.19. The predicted octanol–water partition coefficient (Wildman–Crippen LogP) is 8.97. The summed E-state index contributed by atoms with van der Waals surface area (Å²) in [6.45, 7) is 0. The maximum absolute atomic E-state index is 6.29. The molecule has 0 spiro atoms. The highest BCUT2D eigenvalue weighted by Crippen LogP contribution is 2.37. The molecule has 0 radical (unpaired) electrons. The summed E-state index contributed by atoms with van der Waals surface area (Å²) in [5, 5.41) is 9.35. The third kappa shape index (κ3) is 5.24. The van der Waals surface area contributed by atoms with Gasteiger partial charge in [0.25, 0.3) is 0 Å². The van der Waals surface area contributed by atoms with Crippen LogP contribution in [0.15, 0.2) is 205 Å². The summed E-state index contributed by atoms with van der Waals surface area (Å²) in [6.07, 6.45) is 3.60. The van der Waals surface area contributed by atoms with Crippen molar-refractivity contribution in [3.63, 3.8) is 0 Å². The topological polar surface area (TPSA) is 69.6 Å². The second-order valence-electron chi connectivity index (χ2n) is 14.2. The minimum absolute atomic E-state index is 0.543. The number of furan rings is 1. The van der Waals surface area contributed by atoms with E-state index in [2.05, 4.69) is 179 Å². The average Bonchev–Trinajstić information content (AvgIpc) is 3.84. The third-order valence-corrected chi connectivity index (χ3v) is 15.9. The summed E-state index contributed by atoms with van der Waals surface area (Å²) in [5.74, 6) is 1.68. The molecule has 7 heteroatoms. The number of para-hydroxylation sites is 2. The second-order valence-corrected chi connectivity index (χ2v) is 18.0. The van der Waals surface area contributed by atoms with E-state index in [0.29, 0.717) is 17.6 Å². The fraction of sp³-hybridized carbons (Fsp3) is 0. The second kappa shape index (κ2) is 13.4. The zero-order chi connectivity index (χ0) is 37.8. The summed E-state index contributed by atoms with van der Waals surface area (Å²) < 4.78 is 8.44. The first-order valence-corrected chi connectivity index (χ1v) is 21.0. The third-order valence-electron chi connectivity index (χ3n) is 11.1. The van der Waals surface area contributed by atoms with Crippen molar-refractivity contribution >= 4 is 72.6 Å². The van der Waals surface area contributed by atoms with Gasteiger partial charge in [-0.1, -0.05) is 164 Å². The Labute approximate surface area is 329 Å². The summed E-state index contributed by atoms with van der Waals surface area (Å²) in [6, 6.07) is 66.6. The Morgan fingerprint density at radius 1 is 0.421 bits per heavy atom. The maximum atomic E-state index is 6.29. The monoisotopic (exact) mass is 747 g/mol. The highest BCUT2D eigenvalue weighted by atomic mass is 28.3. The first kappa shape index (κ1) is 32.9. The molecule has 4 heterocycles. The van der Waals surface area contributed by atoms with Crippen molar-refractivity contribution in [3.05, 3.63) is 200 Å². The first-order valence-electron chi connectivity index (χ1n) is 19.0. The van der Waals surface area contributed by atoms with E-state index in [1.54, 1.807) is 6.20 Å². The van der Waals surface area contributed by atoms with Crippen LogP contribution in [0.5, 0.6) is 0 Å². The fourth-order valence-electron chi connectivity index (χ4n) is 8.64. The van der Waals surface area contributed by atoms with E-state index in [0.717, 1.165) is 54.9 Å². The van der Waals surface area contributed by atoms with E-state index >= 15 is 0 Å². The van der Waals surface area contributed by atoms with Gasteiger partial charge in [-0.3, -0.25) is 9.55 Å². The normalized spacial score (nSPS) is 11.9. The molecule has 7 aromatic carbocycles. The lowest BCUT2D eigenvalue weighted by Gasteiger charge is -2.34. The van der Waals surface area contributed by atoms with Crippen LogP contribution >= 0.6 is 0 Å². The van der Waals surface area contributed by atoms with Crippen LogP contribution in [-0.2, 0) is 0 Å². The van der Waals surface area contributed by atoms with Gasteiger partial charge in [0.05, 0.1) is 11.0 Å². The molecule has 4 aromatic heterocycles. The first-order chi connectivity index (χ1) is 28.3. The zero-order valence-corrected chi connectivity index (χ0v) is 31.7. The Kier molecular flexibility index (Phi) is 7.72. The molecular weight excluding hydrogens is 715 g/mol. The standard InChI is InChI=1S/C50H33N5OSi/c1-4-15-35(16-5-1)57(36-17-6-2-7-18-36,37-19-8-3-9-20-37)38-29-27-34(28-30-38)48-52-49(41-23-14-26-46-47(41)42-33-51-32-31-45(42)56-46)54-50(53-48)55-43-24-12-10-21-39(43)40-22-11-13-25-44(40)55/h1-33H. The lowest BCUT2D eigenvalue weighted by Crippen LogP contribution is -2.74. The molecule has 0 amide bonds. The molecule has 0 saturated carbocycles. The molecule has 0 unspecified atom stereocenters. The van der Waals surface area contributed by atoms with E-state index in [9.17, 15) is 0 Å². The maximum Gasteiger partial charge on any atom is 0.238 e. The van der Waals surface area contributed by atoms with Crippen LogP contribution < -0.4 is 20.7 Å². The number of pyridine rings is 1. The minimum atomic E-state index is -2.73. The van der Waals surface area contributed by atoms with E-state index in [1.807, 2.05) is 24.4 Å². The number of fused-ring (bicyclic) bond motifs is 6. The number of aromatic nitrogens is 5. The van der Waals surface area contributed by atoms with Crippen LogP contribution in [-0.4, -0.2) is 32.6 Å². The van der Waals surface area contributed by atoms with Gasteiger partial charge >= 0.3 is 0 Å². The van der Waals surface area contributed by atoms with Crippen LogP contribution in [0.25, 0.3) is 72.5 Å². The largest absolute Gasteiger partial charge is 0.456 e. The molecule has 0 aliphatic rings. The van der Waals surface area contributed by atoms with Crippen LogP contribution in [0.3, 0.4) is 0 Å². The van der Waals surface area contributed by atoms with Crippen molar-refractivity contribution in [2.45, 2.75) is 0 Å². The fourth-order valence-corrected chi connectivity index (χ4v) is 13.4. The molecule has 0 atom stereocenters. The molecule has 0 aliphatic heterocycles. The molecule has 0 bridgehead atoms. The Balaban J connectivity index is 1.16. The van der Waals surface area contributed by atoms with Crippen molar-refractivity contribution in [1.82, 2.24) is 24.5 Å². The number of hydrogen-bond donors (Lipinski definition) is 0. The van der Waals surface area contributed by atoms with Gasteiger partial charge in [0.1, 0.15) is 11.2 Å². The van der Waals surface area contributed by atoms with Crippen molar-refractivity contribution < 1.29 is 4.42 Å². The van der Waals surface area contributed by atoms with Gasteiger partial charge in [-0.2, -0.15) is 9.97 Å². The molecule has 57 heavy (non-hydrogen) atoms. The van der Waals surface area contributed by atoms with E-state index < -0.39 is 8.07 Å². The highest BCUT2D eigenvalue weighted by Gasteiger charge is 2.41. The molecule has 0 fully saturated rings. The Hall–Kier alpha value is -7.48. The van der Waals surface area contributed by atoms with Gasteiger partial charge in [0.15, 0.2) is 19.7 Å². The lowest BCUT2D eigenvalue weighted by atomic mass is 10.1. The Morgan fingerprint density at radius 2 is 0.965 bits per heavy atom. The number of benzene rings is 7. The van der Waals surface area contributed by atoms with Crippen molar-refractivity contribution in [3.8, 4) is 28.7 Å². The molecule has 0 saturated heterocycles. The quantitative estimate of drug-likeness (QED) is 0.120. The summed E-state index contributed by atoms with van der Waals surface area (Å²) in [7, 11) is -2.73. The Morgan fingerprint density at radius 3 is 1.58 bits per heavy atom. The average molecular weight is 748 g/mol. The lowest BCUT2D eigenvalue weighted by molar-refractivity contribution is 0.668. The predicted molar refractivity (Wildman–Crippen MR) is 234 cm³/mol. The van der Waals surface area contributed by atoms with Crippen molar-refractivity contribution in [2.75, 3.05) is 0 Å². The van der Waals surface area contributed by atoms with E-state index in [1.165, 1.54) is 20.7 Å². The number of rotatable bonds is 7. The van der Waals surface area contributed by atoms with Crippen LogP contribution in [0.1, 0.15) is 0 Å². The van der Waals surface area contributed by atoms with Crippen molar-refractivity contribution in [1.29, 1.82) is 0 Å². The molecule has 11 rings (SSSR count). The molecule has 268 valence electrons. The number of hydrogen-bond acceptors (Lipinski definition) is 5.